The van der Waals surface area contributed by atoms with Crippen LogP contribution in [0, 0.1) is 5.41 Å². The summed E-state index contributed by atoms with van der Waals surface area (Å²) in [6.45, 7) is 14.9. The number of nitrogens with one attached hydrogen (secondary N) is 1. The Bertz CT molecular complexity index is 192. The van der Waals surface area contributed by atoms with Gasteiger partial charge >= 0.3 is 0 Å². The van der Waals surface area contributed by atoms with Crippen molar-refractivity contribution in [3.05, 3.63) is 0 Å². The number of hydrogen-bond acceptors (Lipinski definition) is 2. The Kier molecular flexibility index (Phi) is 3.73. The van der Waals surface area contributed by atoms with Gasteiger partial charge in [-0.05, 0) is 18.9 Å². The van der Waals surface area contributed by atoms with Crippen molar-refractivity contribution in [2.75, 3.05) is 0 Å². The average Bonchev–Trinajstić information content (AvgIpc) is 1.82. The second-order valence-corrected chi connectivity index (χ2v) is 10.6. The molecule has 78 valence electrons. The summed E-state index contributed by atoms with van der Waals surface area (Å²) in [6, 6.07) is 0. The van der Waals surface area contributed by atoms with E-state index < -0.39 is 8.07 Å². The van der Waals surface area contributed by atoms with Gasteiger partial charge in [-0.2, -0.15) is 0 Å². The predicted octanol–water partition coefficient (Wildman–Crippen LogP) is 3.44. The molecule has 2 nitrogen and oxygen atoms in total. The molecule has 0 atom stereocenters. The summed E-state index contributed by atoms with van der Waals surface area (Å²) >= 11 is 0. The molecule has 0 bridgehead atoms. The van der Waals surface area contributed by atoms with E-state index in [1.54, 1.807) is 0 Å². The van der Waals surface area contributed by atoms with Gasteiger partial charge in [-0.3, -0.25) is 5.41 Å². The molecule has 0 aromatic heterocycles. The van der Waals surface area contributed by atoms with E-state index in [1.165, 1.54) is 0 Å². The van der Waals surface area contributed by atoms with Crippen LogP contribution in [0.5, 0.6) is 0 Å². The van der Waals surface area contributed by atoms with Crippen molar-refractivity contribution >= 4 is 13.6 Å². The van der Waals surface area contributed by atoms with Gasteiger partial charge in [0.15, 0.2) is 13.6 Å². The molecule has 3 heteroatoms. The van der Waals surface area contributed by atoms with Gasteiger partial charge in [-0.25, -0.2) is 0 Å². The first-order valence-electron chi connectivity index (χ1n) is 4.84. The fourth-order valence-corrected chi connectivity index (χ4v) is 1.94. The summed E-state index contributed by atoms with van der Waals surface area (Å²) < 4.78 is 5.49. The van der Waals surface area contributed by atoms with Gasteiger partial charge in [0.1, 0.15) is 0 Å². The molecular weight excluding hydrogens is 178 g/mol. The second-order valence-electron chi connectivity index (χ2n) is 5.37. The minimum atomic E-state index is -1.71. The Morgan fingerprint density at radius 1 is 1.23 bits per heavy atom. The Balaban J connectivity index is 4.56. The molecule has 0 amide bonds. The predicted molar refractivity (Wildman–Crippen MR) is 61.1 cm³/mol. The van der Waals surface area contributed by atoms with Crippen molar-refractivity contribution in [1.82, 2.24) is 0 Å². The first-order chi connectivity index (χ1) is 5.59. The van der Waals surface area contributed by atoms with Crippen LogP contribution in [-0.2, 0) is 4.74 Å². The molecule has 0 fully saturated rings. The van der Waals surface area contributed by atoms with Gasteiger partial charge in [0, 0.05) is 0 Å². The van der Waals surface area contributed by atoms with Crippen LogP contribution in [0.2, 0.25) is 18.1 Å². The average molecular weight is 201 g/mol. The summed E-state index contributed by atoms with van der Waals surface area (Å²) in [7, 11) is -1.71. The molecule has 0 aliphatic carbocycles. The molecule has 0 saturated carbocycles. The largest absolute Gasteiger partial charge is 0.483 e. The minimum Gasteiger partial charge on any atom is -0.483 e. The van der Waals surface area contributed by atoms with Crippen LogP contribution in [0.4, 0.5) is 0 Å². The van der Waals surface area contributed by atoms with Crippen molar-refractivity contribution in [1.29, 1.82) is 5.41 Å². The summed E-state index contributed by atoms with van der Waals surface area (Å²) in [4.78, 5) is 0. The van der Waals surface area contributed by atoms with Crippen molar-refractivity contribution in [3.63, 3.8) is 0 Å². The summed E-state index contributed by atoms with van der Waals surface area (Å²) in [5.41, 5.74) is 0.523. The van der Waals surface area contributed by atoms with Crippen LogP contribution in [0.25, 0.3) is 0 Å². The monoisotopic (exact) mass is 201 g/mol. The zero-order valence-corrected chi connectivity index (χ0v) is 11.0. The van der Waals surface area contributed by atoms with Crippen LogP contribution in [0.1, 0.15) is 34.6 Å². The van der Waals surface area contributed by atoms with Gasteiger partial charge in [-0.15, -0.1) is 0 Å². The molecule has 0 radical (unpaired) electrons. The second kappa shape index (κ2) is 3.82. The summed E-state index contributed by atoms with van der Waals surface area (Å²) in [6.07, 6.45) is 0.127. The third-order valence-corrected chi connectivity index (χ3v) is 7.80. The first-order valence-corrected chi connectivity index (χ1v) is 7.84. The molecular formula is C10H23NOSi. The van der Waals surface area contributed by atoms with Crippen LogP contribution < -0.4 is 0 Å². The van der Waals surface area contributed by atoms with Crippen LogP contribution in [0.15, 0.2) is 0 Å². The first kappa shape index (κ1) is 12.7. The van der Waals surface area contributed by atoms with Crippen molar-refractivity contribution in [2.24, 2.45) is 0 Å². The highest BCUT2D eigenvalue weighted by molar-refractivity contribution is 7.05. The molecule has 0 unspecified atom stereocenters. The maximum Gasteiger partial charge on any atom is 0.155 e. The van der Waals surface area contributed by atoms with Crippen molar-refractivity contribution in [2.45, 2.75) is 58.9 Å². The zero-order chi connectivity index (χ0) is 10.9. The van der Waals surface area contributed by atoms with E-state index >= 15 is 0 Å². The molecule has 0 aromatic carbocycles. The quantitative estimate of drug-likeness (QED) is 0.414. The van der Waals surface area contributed by atoms with Crippen LogP contribution in [-0.4, -0.2) is 19.7 Å². The van der Waals surface area contributed by atoms with Crippen LogP contribution in [0.3, 0.4) is 0 Å². The molecule has 0 heterocycles. The molecule has 0 aliphatic rings. The van der Waals surface area contributed by atoms with E-state index in [4.69, 9.17) is 10.1 Å². The lowest BCUT2D eigenvalue weighted by Crippen LogP contribution is -2.47. The number of hydrogen-bond donors (Lipinski definition) is 1. The smallest absolute Gasteiger partial charge is 0.155 e. The minimum absolute atomic E-state index is 0.127. The fourth-order valence-electron chi connectivity index (χ4n) is 0.724. The SMILES string of the molecule is CC(C)OC(=N)[Si](C)(C)C(C)(C)C. The van der Waals surface area contributed by atoms with Crippen molar-refractivity contribution < 1.29 is 4.74 Å². The van der Waals surface area contributed by atoms with Gasteiger partial charge in [0.25, 0.3) is 0 Å². The van der Waals surface area contributed by atoms with E-state index in [2.05, 4.69) is 33.9 Å². The summed E-state index contributed by atoms with van der Waals surface area (Å²) in [5, 5.41) is 8.11. The molecule has 0 aromatic rings. The molecule has 0 spiro atoms. The standard InChI is InChI=1S/C10H23NOSi/c1-8(2)12-9(11)13(6,7)10(3,4)5/h8,11H,1-7H3. The lowest BCUT2D eigenvalue weighted by Gasteiger charge is -2.36. The van der Waals surface area contributed by atoms with Gasteiger partial charge in [0.2, 0.25) is 0 Å². The Morgan fingerprint density at radius 3 is 1.85 bits per heavy atom. The molecule has 1 N–H and O–H groups in total. The Hall–Kier alpha value is -0.313. The number of rotatable bonds is 2. The highest BCUT2D eigenvalue weighted by Crippen LogP contribution is 2.36. The normalized spacial score (nSPS) is 13.2. The molecule has 0 rings (SSSR count). The molecule has 0 aliphatic heterocycles. The maximum atomic E-state index is 7.92. The number of ether oxygens (including phenoxy) is 1. The topological polar surface area (TPSA) is 33.1 Å². The summed E-state index contributed by atoms with van der Waals surface area (Å²) in [5.74, 6) is 0. The lowest BCUT2D eigenvalue weighted by atomic mass is 10.2. The Labute approximate surface area is 83.2 Å². The van der Waals surface area contributed by atoms with E-state index in [0.29, 0.717) is 5.52 Å². The van der Waals surface area contributed by atoms with Crippen LogP contribution >= 0.6 is 0 Å². The molecule has 13 heavy (non-hydrogen) atoms. The van der Waals surface area contributed by atoms with Gasteiger partial charge in [0.05, 0.1) is 6.10 Å². The fraction of sp³-hybridized carbons (Fsp3) is 0.900. The highest BCUT2D eigenvalue weighted by Gasteiger charge is 2.41. The van der Waals surface area contributed by atoms with E-state index in [9.17, 15) is 0 Å². The lowest BCUT2D eigenvalue weighted by molar-refractivity contribution is 0.231. The zero-order valence-electron chi connectivity index (χ0n) is 9.99. The third-order valence-electron chi connectivity index (χ3n) is 2.80. The van der Waals surface area contributed by atoms with E-state index in [-0.39, 0.29) is 11.1 Å². The van der Waals surface area contributed by atoms with E-state index in [1.807, 2.05) is 13.8 Å². The highest BCUT2D eigenvalue weighted by atomic mass is 28.3. The van der Waals surface area contributed by atoms with Crippen molar-refractivity contribution in [3.8, 4) is 0 Å². The van der Waals surface area contributed by atoms with Gasteiger partial charge in [-0.1, -0.05) is 33.9 Å². The van der Waals surface area contributed by atoms with Gasteiger partial charge < -0.3 is 4.74 Å². The third kappa shape index (κ3) is 3.14. The maximum absolute atomic E-state index is 7.92. The molecule has 0 saturated heterocycles. The Morgan fingerprint density at radius 2 is 1.62 bits per heavy atom. The van der Waals surface area contributed by atoms with E-state index in [0.717, 1.165) is 0 Å².